The van der Waals surface area contributed by atoms with Gasteiger partial charge in [-0.25, -0.2) is 0 Å². The summed E-state index contributed by atoms with van der Waals surface area (Å²) in [5.74, 6) is 5.63. The van der Waals surface area contributed by atoms with Gasteiger partial charge in [0.05, 0.1) is 12.8 Å². The highest BCUT2D eigenvalue weighted by Crippen LogP contribution is 2.01. The van der Waals surface area contributed by atoms with E-state index in [-0.39, 0.29) is 0 Å². The molecule has 0 aromatic heterocycles. The predicted octanol–water partition coefficient (Wildman–Crippen LogP) is 0.805. The first-order valence-electron chi connectivity index (χ1n) is 3.83. The maximum Gasteiger partial charge on any atom is 0.0734 e. The van der Waals surface area contributed by atoms with Crippen LogP contribution in [0.3, 0.4) is 0 Å². The summed E-state index contributed by atoms with van der Waals surface area (Å²) in [6.45, 7) is 0.346. The van der Waals surface area contributed by atoms with Crippen molar-refractivity contribution in [3.63, 3.8) is 0 Å². The van der Waals surface area contributed by atoms with E-state index >= 15 is 0 Å². The molecule has 0 aliphatic rings. The lowest BCUT2D eigenvalue weighted by Crippen LogP contribution is -1.93. The minimum atomic E-state index is 0.346. The number of hydrogen-bond acceptors (Lipinski definition) is 3. The van der Waals surface area contributed by atoms with E-state index in [9.17, 15) is 0 Å². The summed E-state index contributed by atoms with van der Waals surface area (Å²) in [7, 11) is 0. The second kappa shape index (κ2) is 4.96. The molecule has 0 saturated heterocycles. The highest BCUT2D eigenvalue weighted by atomic mass is 16.4. The van der Waals surface area contributed by atoms with Crippen molar-refractivity contribution < 1.29 is 5.21 Å². The molecule has 0 bridgehead atoms. The van der Waals surface area contributed by atoms with E-state index in [0.29, 0.717) is 6.54 Å². The van der Waals surface area contributed by atoms with Gasteiger partial charge in [0.2, 0.25) is 0 Å². The Kier molecular flexibility index (Phi) is 3.55. The molecule has 0 saturated carbocycles. The Bertz CT molecular complexity index is 361. The third kappa shape index (κ3) is 2.97. The third-order valence-electron chi connectivity index (χ3n) is 1.43. The lowest BCUT2D eigenvalue weighted by molar-refractivity contribution is 0.322. The van der Waals surface area contributed by atoms with Gasteiger partial charge in [0.1, 0.15) is 0 Å². The highest BCUT2D eigenvalue weighted by molar-refractivity contribution is 5.79. The van der Waals surface area contributed by atoms with Crippen molar-refractivity contribution in [2.45, 2.75) is 0 Å². The van der Waals surface area contributed by atoms with Gasteiger partial charge in [-0.2, -0.15) is 0 Å². The Hall–Kier alpha value is -1.79. The molecule has 3 nitrogen and oxygen atoms in total. The Morgan fingerprint density at radius 1 is 1.54 bits per heavy atom. The van der Waals surface area contributed by atoms with Crippen molar-refractivity contribution in [3.05, 3.63) is 35.4 Å². The summed E-state index contributed by atoms with van der Waals surface area (Å²) >= 11 is 0. The number of nitrogens with zero attached hydrogens (tertiary/aromatic N) is 1. The van der Waals surface area contributed by atoms with Gasteiger partial charge in [0.25, 0.3) is 0 Å². The van der Waals surface area contributed by atoms with Crippen molar-refractivity contribution in [3.8, 4) is 11.8 Å². The van der Waals surface area contributed by atoms with Crippen molar-refractivity contribution in [1.29, 1.82) is 0 Å². The van der Waals surface area contributed by atoms with Crippen LogP contribution in [-0.2, 0) is 0 Å². The molecule has 0 amide bonds. The molecule has 0 atom stereocenters. The Morgan fingerprint density at radius 2 is 2.38 bits per heavy atom. The lowest BCUT2D eigenvalue weighted by atomic mass is 10.1. The molecular formula is C10H10N2O. The molecule has 66 valence electrons. The van der Waals surface area contributed by atoms with Gasteiger partial charge in [0, 0.05) is 5.56 Å². The van der Waals surface area contributed by atoms with Gasteiger partial charge >= 0.3 is 0 Å². The van der Waals surface area contributed by atoms with Crippen LogP contribution < -0.4 is 5.73 Å². The minimum absolute atomic E-state index is 0.346. The van der Waals surface area contributed by atoms with Gasteiger partial charge in [-0.3, -0.25) is 0 Å². The van der Waals surface area contributed by atoms with E-state index in [2.05, 4.69) is 17.0 Å². The quantitative estimate of drug-likeness (QED) is 0.286. The lowest BCUT2D eigenvalue weighted by Gasteiger charge is -1.92. The standard InChI is InChI=1S/C10H10N2O/c11-6-2-5-9-3-1-4-10(7-9)8-12-13/h1,3-4,7-8,13H,6,11H2. The molecule has 0 aliphatic carbocycles. The molecule has 3 N–H and O–H groups in total. The van der Waals surface area contributed by atoms with Gasteiger partial charge in [-0.1, -0.05) is 29.1 Å². The summed E-state index contributed by atoms with van der Waals surface area (Å²) in [6.07, 6.45) is 1.35. The van der Waals surface area contributed by atoms with Gasteiger partial charge < -0.3 is 10.9 Å². The topological polar surface area (TPSA) is 58.6 Å². The normalized spacial score (nSPS) is 9.62. The van der Waals surface area contributed by atoms with E-state index in [4.69, 9.17) is 10.9 Å². The van der Waals surface area contributed by atoms with E-state index in [0.717, 1.165) is 11.1 Å². The molecular weight excluding hydrogens is 164 g/mol. The molecule has 0 radical (unpaired) electrons. The maximum absolute atomic E-state index is 8.30. The van der Waals surface area contributed by atoms with Crippen LogP contribution in [0.5, 0.6) is 0 Å². The molecule has 0 heterocycles. The fraction of sp³-hybridized carbons (Fsp3) is 0.100. The zero-order valence-electron chi connectivity index (χ0n) is 7.07. The van der Waals surface area contributed by atoms with Crippen LogP contribution >= 0.6 is 0 Å². The van der Waals surface area contributed by atoms with Crippen molar-refractivity contribution >= 4 is 6.21 Å². The van der Waals surface area contributed by atoms with Gasteiger partial charge in [-0.05, 0) is 17.7 Å². The number of oxime groups is 1. The zero-order valence-corrected chi connectivity index (χ0v) is 7.07. The zero-order chi connectivity index (χ0) is 9.52. The number of rotatable bonds is 1. The van der Waals surface area contributed by atoms with Gasteiger partial charge in [0.15, 0.2) is 0 Å². The maximum atomic E-state index is 8.30. The average Bonchev–Trinajstić information content (AvgIpc) is 2.16. The number of benzene rings is 1. The molecule has 0 unspecified atom stereocenters. The van der Waals surface area contributed by atoms with Crippen molar-refractivity contribution in [1.82, 2.24) is 0 Å². The van der Waals surface area contributed by atoms with Crippen LogP contribution in [-0.4, -0.2) is 18.0 Å². The smallest absolute Gasteiger partial charge is 0.0734 e. The highest BCUT2D eigenvalue weighted by Gasteiger charge is 1.89. The molecule has 0 aliphatic heterocycles. The van der Waals surface area contributed by atoms with E-state index < -0.39 is 0 Å². The van der Waals surface area contributed by atoms with Crippen LogP contribution in [0.4, 0.5) is 0 Å². The van der Waals surface area contributed by atoms with Crippen molar-refractivity contribution in [2.24, 2.45) is 10.9 Å². The Labute approximate surface area is 76.9 Å². The fourth-order valence-electron chi connectivity index (χ4n) is 0.916. The summed E-state index contributed by atoms with van der Waals surface area (Å²) in [4.78, 5) is 0. The predicted molar refractivity (Wildman–Crippen MR) is 51.8 cm³/mol. The second-order valence-electron chi connectivity index (χ2n) is 2.38. The van der Waals surface area contributed by atoms with Crippen LogP contribution in [0.2, 0.25) is 0 Å². The molecule has 1 rings (SSSR count). The van der Waals surface area contributed by atoms with E-state index in [1.54, 1.807) is 0 Å². The van der Waals surface area contributed by atoms with Crippen LogP contribution in [0.15, 0.2) is 29.4 Å². The minimum Gasteiger partial charge on any atom is -0.411 e. The molecule has 3 heteroatoms. The number of nitrogens with two attached hydrogens (primary N) is 1. The monoisotopic (exact) mass is 174 g/mol. The average molecular weight is 174 g/mol. The van der Waals surface area contributed by atoms with E-state index in [1.165, 1.54) is 6.21 Å². The Balaban J connectivity index is 2.91. The summed E-state index contributed by atoms with van der Waals surface area (Å²) < 4.78 is 0. The fourth-order valence-corrected chi connectivity index (χ4v) is 0.916. The van der Waals surface area contributed by atoms with Crippen LogP contribution in [0, 0.1) is 11.8 Å². The summed E-state index contributed by atoms with van der Waals surface area (Å²) in [5, 5.41) is 11.2. The largest absolute Gasteiger partial charge is 0.411 e. The summed E-state index contributed by atoms with van der Waals surface area (Å²) in [6, 6.07) is 7.37. The third-order valence-corrected chi connectivity index (χ3v) is 1.43. The first kappa shape index (κ1) is 9.30. The Morgan fingerprint density at radius 3 is 3.08 bits per heavy atom. The van der Waals surface area contributed by atoms with Crippen molar-refractivity contribution in [2.75, 3.05) is 6.54 Å². The first-order valence-corrected chi connectivity index (χ1v) is 3.83. The van der Waals surface area contributed by atoms with Gasteiger partial charge in [-0.15, -0.1) is 0 Å². The summed E-state index contributed by atoms with van der Waals surface area (Å²) in [5.41, 5.74) is 6.91. The van der Waals surface area contributed by atoms with E-state index in [1.807, 2.05) is 24.3 Å². The number of hydrogen-bond donors (Lipinski definition) is 2. The first-order chi connectivity index (χ1) is 6.36. The van der Waals surface area contributed by atoms with Crippen LogP contribution in [0.1, 0.15) is 11.1 Å². The SMILES string of the molecule is NCC#Cc1cccc(C=NO)c1. The molecule has 0 spiro atoms. The molecule has 0 fully saturated rings. The van der Waals surface area contributed by atoms with Crippen LogP contribution in [0.25, 0.3) is 0 Å². The second-order valence-corrected chi connectivity index (χ2v) is 2.38. The molecule has 13 heavy (non-hydrogen) atoms. The molecule has 1 aromatic rings. The molecule has 1 aromatic carbocycles.